The molecule has 0 unspecified atom stereocenters. The summed E-state index contributed by atoms with van der Waals surface area (Å²) in [6.07, 6.45) is 3.02. The van der Waals surface area contributed by atoms with Crippen molar-refractivity contribution in [3.8, 4) is 5.75 Å². The molecule has 6 heteroatoms. The molecule has 5 nitrogen and oxygen atoms in total. The first-order valence-electron chi connectivity index (χ1n) is 8.85. The van der Waals surface area contributed by atoms with Crippen LogP contribution in [0.3, 0.4) is 0 Å². The van der Waals surface area contributed by atoms with Crippen LogP contribution in [0.5, 0.6) is 5.75 Å². The summed E-state index contributed by atoms with van der Waals surface area (Å²) in [5.41, 5.74) is 2.71. The Morgan fingerprint density at radius 1 is 1.26 bits per heavy atom. The average Bonchev–Trinajstić information content (AvgIpc) is 2.68. The quantitative estimate of drug-likeness (QED) is 0.775. The standard InChI is InChI=1S/C21H23FN2O3/c1-24(13-17-5-3-11-26-14-17)21(25)23-19-6-2-4-16(12-19)15-27-20-9-7-18(22)8-10-20/h2,4-10,12H,3,11,13-15H2,1H3,(H,23,25). The van der Waals surface area contributed by atoms with E-state index in [1.165, 1.54) is 12.1 Å². The molecule has 1 N–H and O–H groups in total. The summed E-state index contributed by atoms with van der Waals surface area (Å²) in [6.45, 7) is 2.19. The molecule has 2 aromatic rings. The lowest BCUT2D eigenvalue weighted by molar-refractivity contribution is 0.145. The summed E-state index contributed by atoms with van der Waals surface area (Å²) in [5.74, 6) is 0.292. The van der Waals surface area contributed by atoms with Crippen LogP contribution in [0.2, 0.25) is 0 Å². The first kappa shape index (κ1) is 18.9. The van der Waals surface area contributed by atoms with Gasteiger partial charge < -0.3 is 19.7 Å². The Hall–Kier alpha value is -2.86. The SMILES string of the molecule is CN(CC1=CCCOC1)C(=O)Nc1cccc(COc2ccc(F)cc2)c1. The zero-order chi connectivity index (χ0) is 19.1. The van der Waals surface area contributed by atoms with E-state index >= 15 is 0 Å². The van der Waals surface area contributed by atoms with Crippen molar-refractivity contribution in [3.05, 3.63) is 71.6 Å². The number of carbonyl (C=O) groups is 1. The summed E-state index contributed by atoms with van der Waals surface area (Å²) in [6, 6.07) is 13.2. The Bertz CT molecular complexity index is 805. The van der Waals surface area contributed by atoms with Crippen molar-refractivity contribution in [1.82, 2.24) is 4.90 Å². The first-order valence-corrected chi connectivity index (χ1v) is 8.85. The number of likely N-dealkylation sites (N-methyl/N-ethyl adjacent to an activating group) is 1. The number of anilines is 1. The fraction of sp³-hybridized carbons (Fsp3) is 0.286. The molecule has 0 atom stereocenters. The van der Waals surface area contributed by atoms with Crippen LogP contribution < -0.4 is 10.1 Å². The van der Waals surface area contributed by atoms with Crippen LogP contribution in [0.15, 0.2) is 60.2 Å². The van der Waals surface area contributed by atoms with Crippen molar-refractivity contribution in [2.24, 2.45) is 0 Å². The zero-order valence-corrected chi connectivity index (χ0v) is 15.3. The number of rotatable bonds is 6. The van der Waals surface area contributed by atoms with Crippen molar-refractivity contribution >= 4 is 11.7 Å². The van der Waals surface area contributed by atoms with Crippen LogP contribution >= 0.6 is 0 Å². The Labute approximate surface area is 158 Å². The van der Waals surface area contributed by atoms with Crippen LogP contribution in [0.1, 0.15) is 12.0 Å². The van der Waals surface area contributed by atoms with Gasteiger partial charge in [-0.1, -0.05) is 18.2 Å². The molecule has 0 spiro atoms. The number of halogens is 1. The zero-order valence-electron chi connectivity index (χ0n) is 15.3. The maximum absolute atomic E-state index is 12.9. The lowest BCUT2D eigenvalue weighted by Crippen LogP contribution is -2.34. The number of hydrogen-bond acceptors (Lipinski definition) is 3. The van der Waals surface area contributed by atoms with Crippen LogP contribution in [0.25, 0.3) is 0 Å². The topological polar surface area (TPSA) is 50.8 Å². The van der Waals surface area contributed by atoms with Crippen LogP contribution in [0, 0.1) is 5.82 Å². The van der Waals surface area contributed by atoms with Gasteiger partial charge >= 0.3 is 6.03 Å². The van der Waals surface area contributed by atoms with Crippen LogP contribution in [-0.2, 0) is 11.3 Å². The third-order valence-electron chi connectivity index (χ3n) is 4.17. The van der Waals surface area contributed by atoms with Gasteiger partial charge in [0.05, 0.1) is 13.2 Å². The van der Waals surface area contributed by atoms with Gasteiger partial charge in [0, 0.05) is 19.3 Å². The number of urea groups is 1. The minimum atomic E-state index is -0.299. The molecule has 2 aromatic carbocycles. The lowest BCUT2D eigenvalue weighted by atomic mass is 10.2. The molecule has 0 radical (unpaired) electrons. The number of benzene rings is 2. The molecule has 0 saturated heterocycles. The Morgan fingerprint density at radius 2 is 2.07 bits per heavy atom. The second kappa shape index (κ2) is 9.19. The highest BCUT2D eigenvalue weighted by molar-refractivity contribution is 5.89. The van der Waals surface area contributed by atoms with Crippen LogP contribution in [0.4, 0.5) is 14.9 Å². The molecule has 27 heavy (non-hydrogen) atoms. The third kappa shape index (κ3) is 5.82. The number of nitrogens with one attached hydrogen (secondary N) is 1. The number of nitrogens with zero attached hydrogens (tertiary/aromatic N) is 1. The van der Waals surface area contributed by atoms with E-state index in [4.69, 9.17) is 9.47 Å². The van der Waals surface area contributed by atoms with Gasteiger partial charge in [-0.3, -0.25) is 0 Å². The van der Waals surface area contributed by atoms with Gasteiger partial charge in [-0.15, -0.1) is 0 Å². The summed E-state index contributed by atoms with van der Waals surface area (Å²) in [5, 5.41) is 2.89. The minimum absolute atomic E-state index is 0.182. The van der Waals surface area contributed by atoms with Crippen molar-refractivity contribution in [2.75, 3.05) is 32.1 Å². The van der Waals surface area contributed by atoms with E-state index in [1.54, 1.807) is 24.1 Å². The molecule has 3 rings (SSSR count). The number of hydrogen-bond donors (Lipinski definition) is 1. The van der Waals surface area contributed by atoms with E-state index < -0.39 is 0 Å². The van der Waals surface area contributed by atoms with Crippen molar-refractivity contribution < 1.29 is 18.7 Å². The molecule has 1 aliphatic rings. The van der Waals surface area contributed by atoms with Crippen molar-refractivity contribution in [1.29, 1.82) is 0 Å². The molecular weight excluding hydrogens is 347 g/mol. The predicted molar refractivity (Wildman–Crippen MR) is 102 cm³/mol. The second-order valence-electron chi connectivity index (χ2n) is 6.43. The summed E-state index contributed by atoms with van der Waals surface area (Å²) >= 11 is 0. The Balaban J connectivity index is 1.53. The molecule has 0 fully saturated rings. The van der Waals surface area contributed by atoms with Gasteiger partial charge in [0.1, 0.15) is 18.2 Å². The summed E-state index contributed by atoms with van der Waals surface area (Å²) in [4.78, 5) is 14.0. The smallest absolute Gasteiger partial charge is 0.321 e. The maximum atomic E-state index is 12.9. The Morgan fingerprint density at radius 3 is 2.81 bits per heavy atom. The van der Waals surface area contributed by atoms with E-state index in [-0.39, 0.29) is 11.8 Å². The Kier molecular flexibility index (Phi) is 6.44. The van der Waals surface area contributed by atoms with E-state index in [0.717, 1.165) is 24.2 Å². The molecule has 0 saturated carbocycles. The van der Waals surface area contributed by atoms with E-state index in [2.05, 4.69) is 11.4 Å². The molecule has 1 heterocycles. The third-order valence-corrected chi connectivity index (χ3v) is 4.17. The van der Waals surface area contributed by atoms with Crippen molar-refractivity contribution in [3.63, 3.8) is 0 Å². The van der Waals surface area contributed by atoms with Gasteiger partial charge in [-0.25, -0.2) is 9.18 Å². The maximum Gasteiger partial charge on any atom is 0.321 e. The fourth-order valence-corrected chi connectivity index (χ4v) is 2.75. The molecule has 0 aromatic heterocycles. The average molecular weight is 370 g/mol. The molecule has 0 aliphatic carbocycles. The normalized spacial score (nSPS) is 13.6. The summed E-state index contributed by atoms with van der Waals surface area (Å²) < 4.78 is 24.0. The van der Waals surface area contributed by atoms with Gasteiger partial charge in [0.2, 0.25) is 0 Å². The van der Waals surface area contributed by atoms with E-state index in [0.29, 0.717) is 31.2 Å². The number of amides is 2. The predicted octanol–water partition coefficient (Wildman–Crippen LogP) is 4.22. The van der Waals surface area contributed by atoms with Crippen molar-refractivity contribution in [2.45, 2.75) is 13.0 Å². The van der Waals surface area contributed by atoms with Gasteiger partial charge in [0.15, 0.2) is 0 Å². The molecular formula is C21H23FN2O3. The summed E-state index contributed by atoms with van der Waals surface area (Å²) in [7, 11) is 1.76. The highest BCUT2D eigenvalue weighted by Crippen LogP contribution is 2.16. The first-order chi connectivity index (χ1) is 13.1. The highest BCUT2D eigenvalue weighted by Gasteiger charge is 2.13. The van der Waals surface area contributed by atoms with Crippen LogP contribution in [-0.4, -0.2) is 37.7 Å². The van der Waals surface area contributed by atoms with E-state index in [1.807, 2.05) is 24.3 Å². The largest absolute Gasteiger partial charge is 0.489 e. The van der Waals surface area contributed by atoms with Gasteiger partial charge in [0.25, 0.3) is 0 Å². The number of ether oxygens (including phenoxy) is 2. The fourth-order valence-electron chi connectivity index (χ4n) is 2.75. The highest BCUT2D eigenvalue weighted by atomic mass is 19.1. The molecule has 0 bridgehead atoms. The minimum Gasteiger partial charge on any atom is -0.489 e. The molecule has 142 valence electrons. The van der Waals surface area contributed by atoms with Gasteiger partial charge in [-0.05, 0) is 54.0 Å². The van der Waals surface area contributed by atoms with Gasteiger partial charge in [-0.2, -0.15) is 0 Å². The number of carbonyl (C=O) groups excluding carboxylic acids is 1. The molecule has 2 amide bonds. The second-order valence-corrected chi connectivity index (χ2v) is 6.43. The van der Waals surface area contributed by atoms with E-state index in [9.17, 15) is 9.18 Å². The lowest BCUT2D eigenvalue weighted by Gasteiger charge is -2.22. The monoisotopic (exact) mass is 370 g/mol. The molecule has 1 aliphatic heterocycles.